The summed E-state index contributed by atoms with van der Waals surface area (Å²) in [6.45, 7) is 8.58. The van der Waals surface area contributed by atoms with Gasteiger partial charge in [0.25, 0.3) is 5.56 Å². The van der Waals surface area contributed by atoms with Crippen LogP contribution in [0.25, 0.3) is 0 Å². The number of H-pyrrole nitrogens is 1. The van der Waals surface area contributed by atoms with E-state index in [-0.39, 0.29) is 17.7 Å². The summed E-state index contributed by atoms with van der Waals surface area (Å²) in [5.41, 5.74) is 5.81. The van der Waals surface area contributed by atoms with Gasteiger partial charge in [0.05, 0.1) is 6.61 Å². The van der Waals surface area contributed by atoms with Crippen LogP contribution >= 0.6 is 0 Å². The summed E-state index contributed by atoms with van der Waals surface area (Å²) < 4.78 is 7.61. The van der Waals surface area contributed by atoms with E-state index < -0.39 is 11.3 Å². The molecule has 7 rings (SSSR count). The SMILES string of the molecule is CCc1c(Cc2cc(C)cc(C)c2)n(COCc2ccc(C#CC3(O)CCC4C5CCC6=CC(=O)CCC6C5CCC43CC)cc2)c(=O)[nH]c1=O. The van der Waals surface area contributed by atoms with Crippen LogP contribution in [0, 0.1) is 54.8 Å². The molecule has 3 aromatic rings. The summed E-state index contributed by atoms with van der Waals surface area (Å²) in [7, 11) is 0. The number of aryl methyl sites for hydroxylation is 2. The standard InChI is InChI=1S/C44H52N2O5/c1-5-35-40(24-32-22-28(3)21-29(4)23-32)46(42(49)45-41(35)48)27-51-26-31-9-7-30(8-10-31)15-19-44(50)20-17-39-38-13-11-33-25-34(47)12-14-36(33)37(38)16-18-43(39,44)6-2/h7-10,21-23,25,36-39,50H,5-6,11-14,16-18,20,24,26-27H2,1-4H3,(H,45,48,49). The highest BCUT2D eigenvalue weighted by Crippen LogP contribution is 2.66. The summed E-state index contributed by atoms with van der Waals surface area (Å²) in [6, 6.07) is 14.2. The van der Waals surface area contributed by atoms with E-state index in [0.717, 1.165) is 79.2 Å². The van der Waals surface area contributed by atoms with E-state index in [1.807, 2.05) is 51.1 Å². The maximum absolute atomic E-state index is 13.0. The number of ether oxygens (including phenoxy) is 1. The molecule has 6 atom stereocenters. The number of allylic oxidation sites excluding steroid dienone is 1. The molecule has 3 fully saturated rings. The largest absolute Gasteiger partial charge is 0.377 e. The van der Waals surface area contributed by atoms with Crippen molar-refractivity contribution >= 4 is 5.78 Å². The van der Waals surface area contributed by atoms with Crippen LogP contribution in [0.5, 0.6) is 0 Å². The van der Waals surface area contributed by atoms with E-state index in [9.17, 15) is 19.5 Å². The zero-order valence-electron chi connectivity index (χ0n) is 30.6. The Morgan fingerprint density at radius 2 is 1.69 bits per heavy atom. The van der Waals surface area contributed by atoms with Gasteiger partial charge in [-0.25, -0.2) is 4.79 Å². The first kappa shape index (κ1) is 35.4. The third-order valence-electron chi connectivity index (χ3n) is 13.1. The third kappa shape index (κ3) is 6.62. The quantitative estimate of drug-likeness (QED) is 0.246. The van der Waals surface area contributed by atoms with Gasteiger partial charge in [0, 0.05) is 35.1 Å². The smallest absolute Gasteiger partial charge is 0.330 e. The topological polar surface area (TPSA) is 101 Å². The minimum absolute atomic E-state index is 0.0237. The van der Waals surface area contributed by atoms with Crippen molar-refractivity contribution in [2.24, 2.45) is 29.1 Å². The molecule has 7 heteroatoms. The number of hydrogen-bond acceptors (Lipinski definition) is 5. The Kier molecular flexibility index (Phi) is 9.86. The van der Waals surface area contributed by atoms with Crippen LogP contribution in [0.2, 0.25) is 0 Å². The predicted octanol–water partition coefficient (Wildman–Crippen LogP) is 7.10. The van der Waals surface area contributed by atoms with Crippen molar-refractivity contribution in [3.8, 4) is 11.8 Å². The summed E-state index contributed by atoms with van der Waals surface area (Å²) in [4.78, 5) is 40.3. The zero-order chi connectivity index (χ0) is 35.9. The van der Waals surface area contributed by atoms with Crippen molar-refractivity contribution in [1.82, 2.24) is 9.55 Å². The predicted molar refractivity (Wildman–Crippen MR) is 199 cm³/mol. The lowest BCUT2D eigenvalue weighted by atomic mass is 9.49. The van der Waals surface area contributed by atoms with Gasteiger partial charge in [-0.05, 0) is 125 Å². The Morgan fingerprint density at radius 1 is 0.922 bits per heavy atom. The molecular formula is C44H52N2O5. The van der Waals surface area contributed by atoms with E-state index in [0.29, 0.717) is 66.6 Å². The van der Waals surface area contributed by atoms with Crippen LogP contribution in [0.15, 0.2) is 63.7 Å². The summed E-state index contributed by atoms with van der Waals surface area (Å²) in [5.74, 6) is 9.33. The van der Waals surface area contributed by atoms with Crippen LogP contribution in [0.3, 0.4) is 0 Å². The normalized spacial score (nSPS) is 28.3. The lowest BCUT2D eigenvalue weighted by Crippen LogP contribution is -2.53. The van der Waals surface area contributed by atoms with Crippen LogP contribution in [-0.4, -0.2) is 26.0 Å². The van der Waals surface area contributed by atoms with Gasteiger partial charge < -0.3 is 9.84 Å². The molecule has 1 aromatic heterocycles. The Labute approximate surface area is 301 Å². The number of aliphatic hydroxyl groups is 1. The molecule has 2 aromatic carbocycles. The molecule has 0 amide bonds. The lowest BCUT2D eigenvalue weighted by Gasteiger charge is -2.56. The molecule has 7 nitrogen and oxygen atoms in total. The van der Waals surface area contributed by atoms with Crippen molar-refractivity contribution in [3.05, 3.63) is 114 Å². The highest BCUT2D eigenvalue weighted by molar-refractivity contribution is 5.91. The monoisotopic (exact) mass is 688 g/mol. The second-order valence-corrected chi connectivity index (χ2v) is 15.8. The number of nitrogens with zero attached hydrogens (tertiary/aromatic N) is 1. The molecule has 268 valence electrons. The number of rotatable bonds is 8. The van der Waals surface area contributed by atoms with Crippen LogP contribution in [-0.2, 0) is 35.7 Å². The number of aromatic nitrogens is 2. The first-order valence-electron chi connectivity index (χ1n) is 19.1. The zero-order valence-corrected chi connectivity index (χ0v) is 30.6. The second kappa shape index (κ2) is 14.2. The number of carbonyl (C=O) groups excluding carboxylic acids is 1. The Balaban J connectivity index is 1.03. The number of nitrogens with one attached hydrogen (secondary N) is 1. The van der Waals surface area contributed by atoms with Gasteiger partial charge in [0.2, 0.25) is 0 Å². The van der Waals surface area contributed by atoms with Crippen molar-refractivity contribution in [1.29, 1.82) is 0 Å². The number of carbonyl (C=O) groups is 1. The van der Waals surface area contributed by atoms with Crippen molar-refractivity contribution < 1.29 is 14.6 Å². The minimum Gasteiger partial charge on any atom is -0.377 e. The van der Waals surface area contributed by atoms with Gasteiger partial charge in [0.1, 0.15) is 12.3 Å². The molecule has 4 aliphatic rings. The molecule has 0 bridgehead atoms. The molecule has 0 aliphatic heterocycles. The molecule has 0 radical (unpaired) electrons. The first-order chi connectivity index (χ1) is 24.5. The molecule has 2 N–H and O–H groups in total. The average molecular weight is 689 g/mol. The van der Waals surface area contributed by atoms with E-state index in [2.05, 4.69) is 41.9 Å². The van der Waals surface area contributed by atoms with Crippen LogP contribution in [0.1, 0.15) is 111 Å². The Hall–Kier alpha value is -3.99. The summed E-state index contributed by atoms with van der Waals surface area (Å²) in [6.07, 6.45) is 11.6. The average Bonchev–Trinajstić information content (AvgIpc) is 3.41. The van der Waals surface area contributed by atoms with E-state index in [1.54, 1.807) is 4.57 Å². The highest BCUT2D eigenvalue weighted by Gasteiger charge is 2.63. The molecule has 0 spiro atoms. The van der Waals surface area contributed by atoms with Gasteiger partial charge >= 0.3 is 5.69 Å². The van der Waals surface area contributed by atoms with Gasteiger partial charge in [-0.2, -0.15) is 0 Å². The maximum atomic E-state index is 13.0. The fourth-order valence-electron chi connectivity index (χ4n) is 10.8. The van der Waals surface area contributed by atoms with Gasteiger partial charge in [-0.3, -0.25) is 19.1 Å². The van der Waals surface area contributed by atoms with Gasteiger partial charge in [-0.1, -0.05) is 72.7 Å². The van der Waals surface area contributed by atoms with Crippen LogP contribution < -0.4 is 11.2 Å². The van der Waals surface area contributed by atoms with Gasteiger partial charge in [0.15, 0.2) is 5.78 Å². The molecule has 0 saturated heterocycles. The number of benzene rings is 2. The summed E-state index contributed by atoms with van der Waals surface area (Å²) in [5, 5.41) is 12.3. The minimum atomic E-state index is -1.01. The van der Waals surface area contributed by atoms with E-state index in [1.165, 1.54) is 5.57 Å². The Bertz CT molecular complexity index is 2010. The molecule has 51 heavy (non-hydrogen) atoms. The number of aromatic amines is 1. The van der Waals surface area contributed by atoms with Crippen molar-refractivity contribution in [2.75, 3.05) is 0 Å². The Morgan fingerprint density at radius 3 is 2.41 bits per heavy atom. The van der Waals surface area contributed by atoms with Crippen molar-refractivity contribution in [3.63, 3.8) is 0 Å². The number of fused-ring (bicyclic) bond motifs is 5. The van der Waals surface area contributed by atoms with E-state index in [4.69, 9.17) is 4.74 Å². The third-order valence-corrected chi connectivity index (χ3v) is 13.1. The molecule has 4 aliphatic carbocycles. The van der Waals surface area contributed by atoms with Crippen molar-refractivity contribution in [2.45, 2.75) is 117 Å². The lowest BCUT2D eigenvalue weighted by molar-refractivity contribution is -0.117. The van der Waals surface area contributed by atoms with Crippen LogP contribution in [0.4, 0.5) is 0 Å². The molecule has 3 saturated carbocycles. The number of ketones is 1. The van der Waals surface area contributed by atoms with E-state index >= 15 is 0 Å². The maximum Gasteiger partial charge on any atom is 0.330 e. The number of hydrogen-bond donors (Lipinski definition) is 2. The second-order valence-electron chi connectivity index (χ2n) is 15.8. The van der Waals surface area contributed by atoms with Gasteiger partial charge in [-0.15, -0.1) is 0 Å². The molecular weight excluding hydrogens is 636 g/mol. The first-order valence-corrected chi connectivity index (χ1v) is 19.1. The molecule has 1 heterocycles. The highest BCUT2D eigenvalue weighted by atomic mass is 16.5. The summed E-state index contributed by atoms with van der Waals surface area (Å²) >= 11 is 0. The fourth-order valence-corrected chi connectivity index (χ4v) is 10.8. The fraction of sp³-hybridized carbons (Fsp3) is 0.523. The molecule has 6 unspecified atom stereocenters.